The molecule has 5 nitrogen and oxygen atoms in total. The number of ether oxygens (including phenoxy) is 1. The summed E-state index contributed by atoms with van der Waals surface area (Å²) in [6.45, 7) is 0.903. The molecule has 0 unspecified atom stereocenters. The van der Waals surface area contributed by atoms with Crippen LogP contribution >= 0.6 is 0 Å². The minimum atomic E-state index is -0.895. The molecular weight excluding hydrogens is 318 g/mol. The summed E-state index contributed by atoms with van der Waals surface area (Å²) in [6.07, 6.45) is 1.16. The van der Waals surface area contributed by atoms with E-state index in [0.29, 0.717) is 30.9 Å². The van der Waals surface area contributed by atoms with E-state index >= 15 is 0 Å². The third-order valence-electron chi connectivity index (χ3n) is 4.45. The Morgan fingerprint density at radius 2 is 1.80 bits per heavy atom. The predicted molar refractivity (Wildman–Crippen MR) is 94.2 cm³/mol. The van der Waals surface area contributed by atoms with Crippen molar-refractivity contribution in [3.63, 3.8) is 0 Å². The van der Waals surface area contributed by atoms with Gasteiger partial charge in [-0.3, -0.25) is 4.79 Å². The van der Waals surface area contributed by atoms with Gasteiger partial charge < -0.3 is 14.7 Å². The molecule has 1 aliphatic heterocycles. The van der Waals surface area contributed by atoms with Gasteiger partial charge in [0.25, 0.3) is 0 Å². The fraction of sp³-hybridized carbons (Fsp3) is 0.300. The first-order valence-electron chi connectivity index (χ1n) is 8.43. The maximum Gasteiger partial charge on any atom is 0.407 e. The van der Waals surface area contributed by atoms with Crippen molar-refractivity contribution < 1.29 is 19.4 Å². The molecule has 0 aromatic heterocycles. The molecule has 3 rings (SSSR count). The third kappa shape index (κ3) is 4.38. The highest BCUT2D eigenvalue weighted by Gasteiger charge is 2.28. The van der Waals surface area contributed by atoms with Gasteiger partial charge in [-0.25, -0.2) is 4.79 Å². The maximum atomic E-state index is 12.3. The Bertz CT molecular complexity index is 727. The van der Waals surface area contributed by atoms with E-state index in [1.54, 1.807) is 24.3 Å². The summed E-state index contributed by atoms with van der Waals surface area (Å²) in [4.78, 5) is 24.9. The second-order valence-electron chi connectivity index (χ2n) is 6.19. The van der Waals surface area contributed by atoms with Gasteiger partial charge >= 0.3 is 6.09 Å². The SMILES string of the molecule is O=C(Cc1ccccc1)c1ccc(OC[C@H]2CCCN2C(=O)O)cc1. The zero-order valence-electron chi connectivity index (χ0n) is 13.9. The first kappa shape index (κ1) is 17.0. The Labute approximate surface area is 146 Å². The van der Waals surface area contributed by atoms with Crippen molar-refractivity contribution in [1.82, 2.24) is 4.90 Å². The lowest BCUT2D eigenvalue weighted by Gasteiger charge is -2.21. The van der Waals surface area contributed by atoms with E-state index in [1.165, 1.54) is 4.90 Å². The number of amides is 1. The van der Waals surface area contributed by atoms with Gasteiger partial charge in [-0.15, -0.1) is 0 Å². The molecule has 2 aromatic carbocycles. The lowest BCUT2D eigenvalue weighted by Crippen LogP contribution is -2.37. The monoisotopic (exact) mass is 339 g/mol. The lowest BCUT2D eigenvalue weighted by atomic mass is 10.0. The minimum Gasteiger partial charge on any atom is -0.491 e. The molecule has 0 spiro atoms. The third-order valence-corrected chi connectivity index (χ3v) is 4.45. The number of carbonyl (C=O) groups is 2. The standard InChI is InChI=1S/C20H21NO4/c22-19(13-15-5-2-1-3-6-15)16-8-10-18(11-9-16)25-14-17-7-4-12-21(17)20(23)24/h1-3,5-6,8-11,17H,4,7,12-14H2,(H,23,24)/t17-/m1/s1. The number of Topliss-reactive ketones (excluding diaryl/α,β-unsaturated/α-hetero) is 1. The van der Waals surface area contributed by atoms with Gasteiger partial charge in [0.15, 0.2) is 5.78 Å². The van der Waals surface area contributed by atoms with E-state index in [-0.39, 0.29) is 11.8 Å². The number of carboxylic acid groups (broad SMARTS) is 1. The topological polar surface area (TPSA) is 66.8 Å². The number of carbonyl (C=O) groups excluding carboxylic acids is 1. The van der Waals surface area contributed by atoms with E-state index in [1.807, 2.05) is 30.3 Å². The fourth-order valence-electron chi connectivity index (χ4n) is 3.07. The van der Waals surface area contributed by atoms with Gasteiger partial charge in [0, 0.05) is 18.5 Å². The molecule has 2 aromatic rings. The molecule has 5 heteroatoms. The number of nitrogens with zero attached hydrogens (tertiary/aromatic N) is 1. The second-order valence-corrected chi connectivity index (χ2v) is 6.19. The van der Waals surface area contributed by atoms with Crippen LogP contribution in [0.25, 0.3) is 0 Å². The molecule has 25 heavy (non-hydrogen) atoms. The summed E-state index contributed by atoms with van der Waals surface area (Å²) in [5.74, 6) is 0.707. The number of hydrogen-bond acceptors (Lipinski definition) is 3. The molecule has 0 bridgehead atoms. The van der Waals surface area contributed by atoms with E-state index < -0.39 is 6.09 Å². The molecular formula is C20H21NO4. The Hall–Kier alpha value is -2.82. The van der Waals surface area contributed by atoms with E-state index in [2.05, 4.69) is 0 Å². The molecule has 1 saturated heterocycles. The zero-order valence-corrected chi connectivity index (χ0v) is 13.9. The van der Waals surface area contributed by atoms with Crippen LogP contribution in [0.2, 0.25) is 0 Å². The second kappa shape index (κ2) is 7.83. The van der Waals surface area contributed by atoms with Crippen molar-refractivity contribution >= 4 is 11.9 Å². The summed E-state index contributed by atoms with van der Waals surface area (Å²) < 4.78 is 5.71. The van der Waals surface area contributed by atoms with Gasteiger partial charge in [0.1, 0.15) is 12.4 Å². The molecule has 0 saturated carbocycles. The van der Waals surface area contributed by atoms with Crippen LogP contribution in [0.5, 0.6) is 5.75 Å². The molecule has 1 amide bonds. The van der Waals surface area contributed by atoms with Crippen molar-refractivity contribution in [3.05, 3.63) is 65.7 Å². The van der Waals surface area contributed by atoms with Gasteiger partial charge in [0.2, 0.25) is 0 Å². The quantitative estimate of drug-likeness (QED) is 0.816. The van der Waals surface area contributed by atoms with Crippen LogP contribution in [0.1, 0.15) is 28.8 Å². The van der Waals surface area contributed by atoms with E-state index in [0.717, 1.165) is 18.4 Å². The van der Waals surface area contributed by atoms with Crippen LogP contribution < -0.4 is 4.74 Å². The van der Waals surface area contributed by atoms with Crippen LogP contribution in [0.3, 0.4) is 0 Å². The van der Waals surface area contributed by atoms with Crippen LogP contribution in [0, 0.1) is 0 Å². The van der Waals surface area contributed by atoms with Gasteiger partial charge in [-0.1, -0.05) is 30.3 Å². The van der Waals surface area contributed by atoms with Crippen LogP contribution in [-0.2, 0) is 6.42 Å². The number of ketones is 1. The average molecular weight is 339 g/mol. The Morgan fingerprint density at radius 1 is 1.08 bits per heavy atom. The smallest absolute Gasteiger partial charge is 0.407 e. The molecule has 1 atom stereocenters. The molecule has 1 N–H and O–H groups in total. The first-order valence-corrected chi connectivity index (χ1v) is 8.43. The lowest BCUT2D eigenvalue weighted by molar-refractivity contribution is 0.0992. The predicted octanol–water partition coefficient (Wildman–Crippen LogP) is 3.63. The van der Waals surface area contributed by atoms with Crippen molar-refractivity contribution in [2.24, 2.45) is 0 Å². The van der Waals surface area contributed by atoms with Crippen LogP contribution in [0.15, 0.2) is 54.6 Å². The molecule has 1 aliphatic rings. The molecule has 130 valence electrons. The summed E-state index contributed by atoms with van der Waals surface area (Å²) >= 11 is 0. The maximum absolute atomic E-state index is 12.3. The minimum absolute atomic E-state index is 0.0607. The number of rotatable bonds is 6. The van der Waals surface area contributed by atoms with Gasteiger partial charge in [0.05, 0.1) is 6.04 Å². The van der Waals surface area contributed by atoms with Crippen LogP contribution in [0.4, 0.5) is 4.79 Å². The summed E-state index contributed by atoms with van der Waals surface area (Å²) in [6, 6.07) is 16.6. The molecule has 0 aliphatic carbocycles. The highest BCUT2D eigenvalue weighted by Crippen LogP contribution is 2.20. The number of likely N-dealkylation sites (tertiary alicyclic amines) is 1. The Balaban J connectivity index is 1.55. The zero-order chi connectivity index (χ0) is 17.6. The fourth-order valence-corrected chi connectivity index (χ4v) is 3.07. The highest BCUT2D eigenvalue weighted by atomic mass is 16.5. The normalized spacial score (nSPS) is 16.6. The number of benzene rings is 2. The molecule has 0 radical (unpaired) electrons. The average Bonchev–Trinajstić information content (AvgIpc) is 3.10. The molecule has 1 fully saturated rings. The van der Waals surface area contributed by atoms with Gasteiger partial charge in [-0.2, -0.15) is 0 Å². The van der Waals surface area contributed by atoms with E-state index in [9.17, 15) is 9.59 Å². The van der Waals surface area contributed by atoms with Gasteiger partial charge in [-0.05, 0) is 42.7 Å². The highest BCUT2D eigenvalue weighted by molar-refractivity contribution is 5.97. The number of hydrogen-bond donors (Lipinski definition) is 1. The summed E-state index contributed by atoms with van der Waals surface area (Å²) in [5.41, 5.74) is 1.63. The Morgan fingerprint density at radius 3 is 2.48 bits per heavy atom. The first-order chi connectivity index (χ1) is 12.1. The van der Waals surface area contributed by atoms with Crippen molar-refractivity contribution in [2.45, 2.75) is 25.3 Å². The van der Waals surface area contributed by atoms with Crippen LogP contribution in [-0.4, -0.2) is 41.1 Å². The Kier molecular flexibility index (Phi) is 5.33. The van der Waals surface area contributed by atoms with Crippen molar-refractivity contribution in [3.8, 4) is 5.75 Å². The molecule has 1 heterocycles. The van der Waals surface area contributed by atoms with E-state index in [4.69, 9.17) is 9.84 Å². The van der Waals surface area contributed by atoms with Crippen molar-refractivity contribution in [2.75, 3.05) is 13.2 Å². The van der Waals surface area contributed by atoms with Crippen molar-refractivity contribution in [1.29, 1.82) is 0 Å². The summed E-state index contributed by atoms with van der Waals surface area (Å²) in [7, 11) is 0. The summed E-state index contributed by atoms with van der Waals surface area (Å²) in [5, 5.41) is 9.13. The largest absolute Gasteiger partial charge is 0.491 e.